The third kappa shape index (κ3) is 4.92. The van der Waals surface area contributed by atoms with E-state index < -0.39 is 5.82 Å². The molecule has 0 spiro atoms. The van der Waals surface area contributed by atoms with Gasteiger partial charge in [0.05, 0.1) is 17.9 Å². The van der Waals surface area contributed by atoms with Crippen molar-refractivity contribution < 1.29 is 23.4 Å². The first-order valence-electron chi connectivity index (χ1n) is 8.66. The largest absolute Gasteiger partial charge is 0.489 e. The average Bonchev–Trinajstić information content (AvgIpc) is 3.26. The van der Waals surface area contributed by atoms with Gasteiger partial charge in [0.1, 0.15) is 18.2 Å². The molecule has 2 saturated heterocycles. The van der Waals surface area contributed by atoms with Gasteiger partial charge < -0.3 is 19.5 Å². The smallest absolute Gasteiger partial charge is 0.224 e. The fourth-order valence-electron chi connectivity index (χ4n) is 3.06. The van der Waals surface area contributed by atoms with Crippen molar-refractivity contribution in [2.24, 2.45) is 0 Å². The number of benzene rings is 1. The maximum absolute atomic E-state index is 13.5. The van der Waals surface area contributed by atoms with Crippen molar-refractivity contribution in [3.8, 4) is 5.75 Å². The van der Waals surface area contributed by atoms with Crippen molar-refractivity contribution in [2.45, 2.75) is 50.7 Å². The van der Waals surface area contributed by atoms with Crippen molar-refractivity contribution in [1.82, 2.24) is 0 Å². The van der Waals surface area contributed by atoms with Crippen LogP contribution < -0.4 is 10.1 Å². The summed E-state index contributed by atoms with van der Waals surface area (Å²) in [6, 6.07) is 4.15. The highest BCUT2D eigenvalue weighted by atomic mass is 19.1. The standard InChI is InChI=1S/C18H24FNO4/c19-13-5-7-17(24-12-15-4-2-10-23-15)16(11-13)20-18(21)8-6-14-3-1-9-22-14/h5,7,11,14-15H,1-4,6,8-10,12H2,(H,20,21)/t14-,15-/m0/s1. The molecule has 2 heterocycles. The zero-order valence-electron chi connectivity index (χ0n) is 13.8. The van der Waals surface area contributed by atoms with Crippen LogP contribution in [0.25, 0.3) is 0 Å². The highest BCUT2D eigenvalue weighted by Gasteiger charge is 2.19. The molecule has 0 saturated carbocycles. The Balaban J connectivity index is 1.54. The third-order valence-electron chi connectivity index (χ3n) is 4.38. The van der Waals surface area contributed by atoms with Crippen LogP contribution in [0.5, 0.6) is 5.75 Å². The molecule has 1 N–H and O–H groups in total. The summed E-state index contributed by atoms with van der Waals surface area (Å²) in [5, 5.41) is 2.75. The first-order chi connectivity index (χ1) is 11.7. The minimum atomic E-state index is -0.408. The number of nitrogens with one attached hydrogen (secondary N) is 1. The zero-order chi connectivity index (χ0) is 16.8. The molecule has 5 nitrogen and oxygen atoms in total. The van der Waals surface area contributed by atoms with Gasteiger partial charge in [-0.3, -0.25) is 4.79 Å². The topological polar surface area (TPSA) is 56.8 Å². The summed E-state index contributed by atoms with van der Waals surface area (Å²) in [5.41, 5.74) is 0.366. The predicted molar refractivity (Wildman–Crippen MR) is 87.7 cm³/mol. The molecular weight excluding hydrogens is 313 g/mol. The molecule has 2 aliphatic heterocycles. The van der Waals surface area contributed by atoms with Crippen LogP contribution in [0.2, 0.25) is 0 Å². The predicted octanol–water partition coefficient (Wildman–Crippen LogP) is 3.28. The number of ether oxygens (including phenoxy) is 3. The lowest BCUT2D eigenvalue weighted by atomic mass is 10.1. The number of carbonyl (C=O) groups excluding carboxylic acids is 1. The molecule has 0 bridgehead atoms. The number of anilines is 1. The molecule has 0 unspecified atom stereocenters. The fraction of sp³-hybridized carbons (Fsp3) is 0.611. The summed E-state index contributed by atoms with van der Waals surface area (Å²) < 4.78 is 30.3. The molecule has 3 rings (SSSR count). The number of carbonyl (C=O) groups is 1. The molecule has 0 aliphatic carbocycles. The van der Waals surface area contributed by atoms with Crippen LogP contribution in [0.3, 0.4) is 0 Å². The Morgan fingerprint density at radius 1 is 1.21 bits per heavy atom. The van der Waals surface area contributed by atoms with Gasteiger partial charge in [-0.1, -0.05) is 0 Å². The molecular formula is C18H24FNO4. The number of hydrogen-bond acceptors (Lipinski definition) is 4. The normalized spacial score (nSPS) is 23.4. The van der Waals surface area contributed by atoms with Crippen LogP contribution in [0.15, 0.2) is 18.2 Å². The van der Waals surface area contributed by atoms with E-state index >= 15 is 0 Å². The molecule has 132 valence electrons. The number of rotatable bonds is 7. The summed E-state index contributed by atoms with van der Waals surface area (Å²) in [6.45, 7) is 1.94. The Hall–Kier alpha value is -1.66. The van der Waals surface area contributed by atoms with E-state index in [0.29, 0.717) is 30.9 Å². The maximum Gasteiger partial charge on any atom is 0.224 e. The maximum atomic E-state index is 13.5. The van der Waals surface area contributed by atoms with Crippen molar-refractivity contribution in [3.05, 3.63) is 24.0 Å². The van der Waals surface area contributed by atoms with Crippen LogP contribution in [0.4, 0.5) is 10.1 Å². The van der Waals surface area contributed by atoms with Crippen LogP contribution in [-0.2, 0) is 14.3 Å². The highest BCUT2D eigenvalue weighted by molar-refractivity contribution is 5.92. The van der Waals surface area contributed by atoms with Gasteiger partial charge in [-0.25, -0.2) is 4.39 Å². The quantitative estimate of drug-likeness (QED) is 0.829. The van der Waals surface area contributed by atoms with Crippen LogP contribution >= 0.6 is 0 Å². The molecule has 0 aromatic heterocycles. The van der Waals surface area contributed by atoms with Gasteiger partial charge in [-0.2, -0.15) is 0 Å². The summed E-state index contributed by atoms with van der Waals surface area (Å²) in [4.78, 5) is 12.1. The molecule has 6 heteroatoms. The molecule has 2 fully saturated rings. The fourth-order valence-corrected chi connectivity index (χ4v) is 3.06. The second kappa shape index (κ2) is 8.44. The van der Waals surface area contributed by atoms with Crippen molar-refractivity contribution in [3.63, 3.8) is 0 Å². The Morgan fingerprint density at radius 2 is 1.96 bits per heavy atom. The van der Waals surface area contributed by atoms with Crippen molar-refractivity contribution in [1.29, 1.82) is 0 Å². The molecule has 2 atom stereocenters. The van der Waals surface area contributed by atoms with E-state index in [1.165, 1.54) is 12.1 Å². The first-order valence-corrected chi connectivity index (χ1v) is 8.66. The minimum absolute atomic E-state index is 0.0677. The van der Waals surface area contributed by atoms with Gasteiger partial charge in [0.2, 0.25) is 5.91 Å². The minimum Gasteiger partial charge on any atom is -0.489 e. The molecule has 1 aromatic carbocycles. The monoisotopic (exact) mass is 337 g/mol. The van der Waals surface area contributed by atoms with E-state index in [0.717, 1.165) is 38.9 Å². The molecule has 1 amide bonds. The van der Waals surface area contributed by atoms with Gasteiger partial charge >= 0.3 is 0 Å². The molecule has 1 aromatic rings. The summed E-state index contributed by atoms with van der Waals surface area (Å²) in [6.07, 6.45) is 5.32. The summed E-state index contributed by atoms with van der Waals surface area (Å²) >= 11 is 0. The summed E-state index contributed by atoms with van der Waals surface area (Å²) in [7, 11) is 0. The molecule has 0 radical (unpaired) electrons. The molecule has 24 heavy (non-hydrogen) atoms. The third-order valence-corrected chi connectivity index (χ3v) is 4.38. The lowest BCUT2D eigenvalue weighted by Gasteiger charge is -2.16. The Labute approximate surface area is 141 Å². The van der Waals surface area contributed by atoms with Gasteiger partial charge in [0, 0.05) is 25.7 Å². The zero-order valence-corrected chi connectivity index (χ0v) is 13.8. The van der Waals surface area contributed by atoms with Crippen molar-refractivity contribution >= 4 is 11.6 Å². The van der Waals surface area contributed by atoms with E-state index in [4.69, 9.17) is 14.2 Å². The van der Waals surface area contributed by atoms with E-state index in [2.05, 4.69) is 5.32 Å². The lowest BCUT2D eigenvalue weighted by Crippen LogP contribution is -2.19. The van der Waals surface area contributed by atoms with Crippen molar-refractivity contribution in [2.75, 3.05) is 25.1 Å². The second-order valence-corrected chi connectivity index (χ2v) is 6.31. The summed E-state index contributed by atoms with van der Waals surface area (Å²) in [5.74, 6) is -0.0932. The van der Waals surface area contributed by atoms with Crippen LogP contribution in [-0.4, -0.2) is 37.9 Å². The van der Waals surface area contributed by atoms with Crippen LogP contribution in [0.1, 0.15) is 38.5 Å². The Morgan fingerprint density at radius 3 is 2.67 bits per heavy atom. The van der Waals surface area contributed by atoms with E-state index in [1.807, 2.05) is 0 Å². The van der Waals surface area contributed by atoms with Crippen LogP contribution in [0, 0.1) is 5.82 Å². The van der Waals surface area contributed by atoms with Gasteiger partial charge in [-0.05, 0) is 44.2 Å². The first kappa shape index (κ1) is 17.2. The van der Waals surface area contributed by atoms with E-state index in [9.17, 15) is 9.18 Å². The Kier molecular flexibility index (Phi) is 6.04. The van der Waals surface area contributed by atoms with Gasteiger partial charge in [0.15, 0.2) is 0 Å². The number of hydrogen-bond donors (Lipinski definition) is 1. The van der Waals surface area contributed by atoms with E-state index in [1.54, 1.807) is 6.07 Å². The number of amides is 1. The van der Waals surface area contributed by atoms with Gasteiger partial charge in [-0.15, -0.1) is 0 Å². The number of halogens is 1. The lowest BCUT2D eigenvalue weighted by molar-refractivity contribution is -0.116. The average molecular weight is 337 g/mol. The molecule has 2 aliphatic rings. The highest BCUT2D eigenvalue weighted by Crippen LogP contribution is 2.27. The SMILES string of the molecule is O=C(CC[C@@H]1CCCO1)Nc1cc(F)ccc1OC[C@@H]1CCCO1. The van der Waals surface area contributed by atoms with Gasteiger partial charge in [0.25, 0.3) is 0 Å². The Bertz CT molecular complexity index is 554. The second-order valence-electron chi connectivity index (χ2n) is 6.31. The van der Waals surface area contributed by atoms with E-state index in [-0.39, 0.29) is 18.1 Å².